The highest BCUT2D eigenvalue weighted by Gasteiger charge is 2.24. The van der Waals surface area contributed by atoms with Gasteiger partial charge in [0.05, 0.1) is 25.8 Å². The molecule has 0 aliphatic rings. The van der Waals surface area contributed by atoms with E-state index in [1.54, 1.807) is 12.1 Å². The predicted molar refractivity (Wildman–Crippen MR) is 100 cm³/mol. The fraction of sp³-hybridized carbons (Fsp3) is 0.263. The second-order valence-corrected chi connectivity index (χ2v) is 5.84. The van der Waals surface area contributed by atoms with Gasteiger partial charge in [-0.15, -0.1) is 0 Å². The quantitative estimate of drug-likeness (QED) is 0.714. The predicted octanol–water partition coefficient (Wildman–Crippen LogP) is 3.31. The number of benzene rings is 2. The minimum Gasteiger partial charge on any atom is -0.495 e. The van der Waals surface area contributed by atoms with Crippen molar-refractivity contribution in [2.45, 2.75) is 13.0 Å². The Balaban J connectivity index is 2.27. The van der Waals surface area contributed by atoms with Crippen LogP contribution in [0, 0.1) is 0 Å². The molecule has 1 amide bonds. The first-order chi connectivity index (χ1) is 12.9. The molecule has 0 aliphatic carbocycles. The molecule has 7 nitrogen and oxygen atoms in total. The van der Waals surface area contributed by atoms with Crippen molar-refractivity contribution < 1.29 is 28.9 Å². The Hall–Kier alpha value is -2.93. The topological polar surface area (TPSA) is 94.1 Å². The van der Waals surface area contributed by atoms with E-state index in [4.69, 9.17) is 25.8 Å². The molecule has 0 saturated carbocycles. The Morgan fingerprint density at radius 2 is 1.74 bits per heavy atom. The summed E-state index contributed by atoms with van der Waals surface area (Å²) in [6.07, 6.45) is 0. The molecule has 0 aliphatic heterocycles. The Morgan fingerprint density at radius 1 is 1.07 bits per heavy atom. The summed E-state index contributed by atoms with van der Waals surface area (Å²) >= 11 is 6.06. The Labute approximate surface area is 161 Å². The van der Waals surface area contributed by atoms with E-state index in [0.717, 1.165) is 0 Å². The van der Waals surface area contributed by atoms with E-state index < -0.39 is 17.9 Å². The number of carbonyl (C=O) groups is 2. The maximum Gasteiger partial charge on any atom is 0.330 e. The van der Waals surface area contributed by atoms with Crippen LogP contribution < -0.4 is 19.5 Å². The van der Waals surface area contributed by atoms with Crippen LogP contribution in [0.4, 0.5) is 0 Å². The second-order valence-electron chi connectivity index (χ2n) is 5.44. The van der Waals surface area contributed by atoms with Crippen molar-refractivity contribution in [1.82, 2.24) is 5.32 Å². The number of hydrogen-bond acceptors (Lipinski definition) is 5. The molecule has 0 fully saturated rings. The monoisotopic (exact) mass is 393 g/mol. The second kappa shape index (κ2) is 9.14. The van der Waals surface area contributed by atoms with Gasteiger partial charge >= 0.3 is 5.97 Å². The Kier molecular flexibility index (Phi) is 6.90. The van der Waals surface area contributed by atoms with Gasteiger partial charge in [0.2, 0.25) is 0 Å². The number of carboxylic acid groups (broad SMARTS) is 1. The van der Waals surface area contributed by atoms with Gasteiger partial charge in [-0.2, -0.15) is 0 Å². The molecule has 0 heterocycles. The molecule has 144 valence electrons. The first-order valence-electron chi connectivity index (χ1n) is 8.09. The molecule has 1 atom stereocenters. The van der Waals surface area contributed by atoms with Crippen LogP contribution in [-0.2, 0) is 4.79 Å². The van der Waals surface area contributed by atoms with Crippen LogP contribution in [0.25, 0.3) is 0 Å². The van der Waals surface area contributed by atoms with Gasteiger partial charge < -0.3 is 24.6 Å². The number of rotatable bonds is 8. The standard InChI is InChI=1S/C19H20ClNO6/c1-4-27-15-8-6-12(10-16(15)26-3)18(22)21-17(19(23)24)11-5-7-14(25-2)13(20)9-11/h5-10,17H,4H2,1-3H3,(H,21,22)(H,23,24). The molecular formula is C19H20ClNO6. The van der Waals surface area contributed by atoms with Crippen molar-refractivity contribution in [1.29, 1.82) is 0 Å². The van der Waals surface area contributed by atoms with Crippen LogP contribution in [0.3, 0.4) is 0 Å². The van der Waals surface area contributed by atoms with Crippen LogP contribution in [0.2, 0.25) is 5.02 Å². The highest BCUT2D eigenvalue weighted by Crippen LogP contribution is 2.30. The van der Waals surface area contributed by atoms with Crippen molar-refractivity contribution in [3.05, 3.63) is 52.5 Å². The van der Waals surface area contributed by atoms with Gasteiger partial charge in [0.25, 0.3) is 5.91 Å². The molecule has 0 aromatic heterocycles. The third-order valence-electron chi connectivity index (χ3n) is 3.76. The zero-order chi connectivity index (χ0) is 20.0. The normalized spacial score (nSPS) is 11.4. The largest absolute Gasteiger partial charge is 0.495 e. The van der Waals surface area contributed by atoms with Crippen molar-refractivity contribution in [3.8, 4) is 17.2 Å². The van der Waals surface area contributed by atoms with Gasteiger partial charge in [-0.05, 0) is 42.8 Å². The highest BCUT2D eigenvalue weighted by atomic mass is 35.5. The number of nitrogens with one attached hydrogen (secondary N) is 1. The molecule has 2 N–H and O–H groups in total. The van der Waals surface area contributed by atoms with Crippen molar-refractivity contribution >= 4 is 23.5 Å². The van der Waals surface area contributed by atoms with Gasteiger partial charge in [-0.25, -0.2) is 4.79 Å². The summed E-state index contributed by atoms with van der Waals surface area (Å²) in [6.45, 7) is 2.28. The SMILES string of the molecule is CCOc1ccc(C(=O)NC(C(=O)O)c2ccc(OC)c(Cl)c2)cc1OC. The molecule has 0 spiro atoms. The van der Waals surface area contributed by atoms with E-state index in [-0.39, 0.29) is 10.6 Å². The van der Waals surface area contributed by atoms with E-state index >= 15 is 0 Å². The van der Waals surface area contributed by atoms with Gasteiger partial charge in [0.15, 0.2) is 17.5 Å². The third kappa shape index (κ3) is 4.83. The van der Waals surface area contributed by atoms with Crippen LogP contribution >= 0.6 is 11.6 Å². The average molecular weight is 394 g/mol. The maximum absolute atomic E-state index is 12.5. The first-order valence-corrected chi connectivity index (χ1v) is 8.47. The molecule has 0 saturated heterocycles. The summed E-state index contributed by atoms with van der Waals surface area (Å²) in [4.78, 5) is 24.2. The van der Waals surface area contributed by atoms with Crippen molar-refractivity contribution in [3.63, 3.8) is 0 Å². The van der Waals surface area contributed by atoms with Crippen LogP contribution in [0.5, 0.6) is 17.2 Å². The number of amides is 1. The van der Waals surface area contributed by atoms with E-state index in [1.165, 1.54) is 38.5 Å². The molecule has 2 aromatic carbocycles. The maximum atomic E-state index is 12.5. The van der Waals surface area contributed by atoms with Crippen LogP contribution in [0.15, 0.2) is 36.4 Å². The minimum absolute atomic E-state index is 0.237. The van der Waals surface area contributed by atoms with Gasteiger partial charge in [0.1, 0.15) is 5.75 Å². The third-order valence-corrected chi connectivity index (χ3v) is 4.05. The summed E-state index contributed by atoms with van der Waals surface area (Å²) in [5, 5.41) is 12.3. The fourth-order valence-corrected chi connectivity index (χ4v) is 2.71. The molecule has 2 rings (SSSR count). The number of methoxy groups -OCH3 is 2. The van der Waals surface area contributed by atoms with Crippen molar-refractivity contribution in [2.24, 2.45) is 0 Å². The fourth-order valence-electron chi connectivity index (χ4n) is 2.45. The lowest BCUT2D eigenvalue weighted by Gasteiger charge is -2.17. The van der Waals surface area contributed by atoms with E-state index in [9.17, 15) is 14.7 Å². The smallest absolute Gasteiger partial charge is 0.330 e. The van der Waals surface area contributed by atoms with Crippen LogP contribution in [-0.4, -0.2) is 37.8 Å². The number of carbonyl (C=O) groups excluding carboxylic acids is 1. The van der Waals surface area contributed by atoms with Gasteiger partial charge in [-0.1, -0.05) is 17.7 Å². The van der Waals surface area contributed by atoms with E-state index in [2.05, 4.69) is 5.32 Å². The summed E-state index contributed by atoms with van der Waals surface area (Å²) in [5.74, 6) is -0.512. The zero-order valence-corrected chi connectivity index (χ0v) is 15.9. The summed E-state index contributed by atoms with van der Waals surface area (Å²) in [7, 11) is 2.91. The molecule has 2 aromatic rings. The van der Waals surface area contributed by atoms with Gasteiger partial charge in [0, 0.05) is 5.56 Å². The number of carboxylic acids is 1. The number of aliphatic carboxylic acids is 1. The molecule has 1 unspecified atom stereocenters. The van der Waals surface area contributed by atoms with Crippen LogP contribution in [0.1, 0.15) is 28.9 Å². The molecule has 0 radical (unpaired) electrons. The van der Waals surface area contributed by atoms with E-state index in [1.807, 2.05) is 6.92 Å². The minimum atomic E-state index is -1.28. The number of ether oxygens (including phenoxy) is 3. The Morgan fingerprint density at radius 3 is 2.30 bits per heavy atom. The summed E-state index contributed by atoms with van der Waals surface area (Å²) in [6, 6.07) is 7.85. The zero-order valence-electron chi connectivity index (χ0n) is 15.1. The number of halogens is 1. The summed E-state index contributed by atoms with van der Waals surface area (Å²) in [5.41, 5.74) is 0.556. The summed E-state index contributed by atoms with van der Waals surface area (Å²) < 4.78 is 15.7. The highest BCUT2D eigenvalue weighted by molar-refractivity contribution is 6.32. The lowest BCUT2D eigenvalue weighted by atomic mass is 10.1. The molecule has 0 bridgehead atoms. The lowest BCUT2D eigenvalue weighted by molar-refractivity contribution is -0.139. The molecular weight excluding hydrogens is 374 g/mol. The number of hydrogen-bond donors (Lipinski definition) is 2. The molecule has 27 heavy (non-hydrogen) atoms. The van der Waals surface area contributed by atoms with E-state index in [0.29, 0.717) is 29.4 Å². The van der Waals surface area contributed by atoms with Gasteiger partial charge in [-0.3, -0.25) is 4.79 Å². The Bertz CT molecular complexity index is 839. The first kappa shape index (κ1) is 20.4. The molecule has 8 heteroatoms. The van der Waals surface area contributed by atoms with Crippen molar-refractivity contribution in [2.75, 3.05) is 20.8 Å². The lowest BCUT2D eigenvalue weighted by Crippen LogP contribution is -2.33. The average Bonchev–Trinajstić information content (AvgIpc) is 2.66.